The number of carbonyl (C=O) groups is 2. The van der Waals surface area contributed by atoms with E-state index in [1.807, 2.05) is 13.8 Å². The van der Waals surface area contributed by atoms with Gasteiger partial charge in [0.25, 0.3) is 5.91 Å². The molecule has 0 bridgehead atoms. The summed E-state index contributed by atoms with van der Waals surface area (Å²) in [4.78, 5) is 27.5. The molecule has 0 radical (unpaired) electrons. The summed E-state index contributed by atoms with van der Waals surface area (Å²) in [5.74, 6) is -1.57. The fourth-order valence-electron chi connectivity index (χ4n) is 4.13. The minimum Gasteiger partial charge on any atom is -0.465 e. The molecule has 1 amide bonds. The number of nitrogens with zero attached hydrogens (tertiary/aromatic N) is 1. The Balaban J connectivity index is 0.000000212. The van der Waals surface area contributed by atoms with Crippen LogP contribution in [0.4, 0.5) is 0 Å². The van der Waals surface area contributed by atoms with E-state index in [9.17, 15) is 26.4 Å². The molecule has 0 saturated heterocycles. The van der Waals surface area contributed by atoms with Gasteiger partial charge in [0.2, 0.25) is 0 Å². The van der Waals surface area contributed by atoms with Crippen LogP contribution in [-0.2, 0) is 37.3 Å². The first-order chi connectivity index (χ1) is 17.8. The highest BCUT2D eigenvalue weighted by atomic mass is 32.2. The number of esters is 1. The molecule has 0 fully saturated rings. The third kappa shape index (κ3) is 6.03. The number of hydrogen-bond donors (Lipinski definition) is 2. The first-order valence-electron chi connectivity index (χ1n) is 11.7. The summed E-state index contributed by atoms with van der Waals surface area (Å²) in [7, 11) is -5.44. The first kappa shape index (κ1) is 28.8. The number of carbonyl (C=O) groups excluding carboxylic acids is 2. The van der Waals surface area contributed by atoms with Crippen molar-refractivity contribution >= 4 is 49.7 Å². The topological polar surface area (TPSA) is 176 Å². The molecule has 4 rings (SSSR count). The number of methoxy groups -OCH3 is 1. The number of amides is 1. The maximum absolute atomic E-state index is 12.0. The van der Waals surface area contributed by atoms with E-state index in [0.29, 0.717) is 35.1 Å². The molecule has 2 aliphatic rings. The third-order valence-corrected chi connectivity index (χ3v) is 9.31. The number of hydrogen-bond acceptors (Lipinski definition) is 7. The molecule has 0 saturated carbocycles. The van der Waals surface area contributed by atoms with Crippen molar-refractivity contribution in [1.82, 2.24) is 0 Å². The standard InChI is InChI=1S/C13H15N3O3S.C13H14O4S/c1-2-8-6-9-4-3-5-20(18,19)11(9)7-10(8)12(17)16-13(14)15;1-3-9-7-10-5-4-6-18(15,16)12(10)8-11(9)13(14)17-2/h3-4,6-7H,2,5H2,1H3,(H4,14,15,16,17);4-5,7-8H,3,6H2,1-2H3. The van der Waals surface area contributed by atoms with Crippen molar-refractivity contribution in [3.05, 3.63) is 69.8 Å². The maximum Gasteiger partial charge on any atom is 0.338 e. The molecule has 10 nitrogen and oxygen atoms in total. The summed E-state index contributed by atoms with van der Waals surface area (Å²) in [6.07, 6.45) is 7.94. The summed E-state index contributed by atoms with van der Waals surface area (Å²) >= 11 is 0. The highest BCUT2D eigenvalue weighted by Crippen LogP contribution is 2.29. The molecule has 0 aliphatic carbocycles. The zero-order chi connectivity index (χ0) is 28.3. The van der Waals surface area contributed by atoms with Gasteiger partial charge in [-0.3, -0.25) is 4.79 Å². The Morgan fingerprint density at radius 2 is 1.26 bits per heavy atom. The Bertz CT molecular complexity index is 1600. The molecule has 2 aromatic carbocycles. The van der Waals surface area contributed by atoms with Gasteiger partial charge in [0.05, 0.1) is 34.0 Å². The van der Waals surface area contributed by atoms with Crippen molar-refractivity contribution < 1.29 is 31.2 Å². The lowest BCUT2D eigenvalue weighted by molar-refractivity contribution is 0.0599. The smallest absolute Gasteiger partial charge is 0.338 e. The highest BCUT2D eigenvalue weighted by Gasteiger charge is 2.25. The number of benzene rings is 2. The fourth-order valence-corrected chi connectivity index (χ4v) is 6.76. The van der Waals surface area contributed by atoms with Gasteiger partial charge in [-0.25, -0.2) is 21.6 Å². The van der Waals surface area contributed by atoms with Crippen molar-refractivity contribution in [1.29, 1.82) is 0 Å². The van der Waals surface area contributed by atoms with Crippen LogP contribution in [0, 0.1) is 0 Å². The van der Waals surface area contributed by atoms with Gasteiger partial charge in [0, 0.05) is 5.56 Å². The second kappa shape index (κ2) is 11.3. The predicted octanol–water partition coefficient (Wildman–Crippen LogP) is 2.30. The highest BCUT2D eigenvalue weighted by molar-refractivity contribution is 7.92. The van der Waals surface area contributed by atoms with E-state index < -0.39 is 31.6 Å². The first-order valence-corrected chi connectivity index (χ1v) is 15.0. The molecule has 0 spiro atoms. The monoisotopic (exact) mass is 559 g/mol. The lowest BCUT2D eigenvalue weighted by Crippen LogP contribution is -2.24. The Morgan fingerprint density at radius 1 is 0.816 bits per heavy atom. The normalized spacial score (nSPS) is 15.8. The molecule has 38 heavy (non-hydrogen) atoms. The van der Waals surface area contributed by atoms with E-state index in [0.717, 1.165) is 5.56 Å². The summed E-state index contributed by atoms with van der Waals surface area (Å²) in [5, 5.41) is 0. The van der Waals surface area contributed by atoms with Crippen LogP contribution in [0.3, 0.4) is 0 Å². The number of fused-ring (bicyclic) bond motifs is 2. The van der Waals surface area contributed by atoms with Crippen molar-refractivity contribution in [2.75, 3.05) is 18.6 Å². The minimum atomic E-state index is -3.40. The molecule has 2 aliphatic heterocycles. The van der Waals surface area contributed by atoms with Gasteiger partial charge < -0.3 is 16.2 Å². The number of guanidine groups is 1. The lowest BCUT2D eigenvalue weighted by Gasteiger charge is -2.15. The van der Waals surface area contributed by atoms with Crippen molar-refractivity contribution in [3.63, 3.8) is 0 Å². The second-order valence-corrected chi connectivity index (χ2v) is 12.5. The molecule has 0 unspecified atom stereocenters. The van der Waals surface area contributed by atoms with Crippen LogP contribution in [0.25, 0.3) is 12.2 Å². The predicted molar refractivity (Wildman–Crippen MR) is 145 cm³/mol. The quantitative estimate of drug-likeness (QED) is 0.323. The van der Waals surface area contributed by atoms with Gasteiger partial charge in [-0.15, -0.1) is 0 Å². The summed E-state index contributed by atoms with van der Waals surface area (Å²) in [6.45, 7) is 3.78. The molecule has 4 N–H and O–H groups in total. The molecule has 0 aromatic heterocycles. The minimum absolute atomic E-state index is 0.0217. The van der Waals surface area contributed by atoms with Gasteiger partial charge >= 0.3 is 5.97 Å². The van der Waals surface area contributed by atoms with E-state index in [1.54, 1.807) is 36.4 Å². The van der Waals surface area contributed by atoms with Gasteiger partial charge in [0.15, 0.2) is 25.6 Å². The summed E-state index contributed by atoms with van der Waals surface area (Å²) in [6, 6.07) is 6.23. The average molecular weight is 560 g/mol. The summed E-state index contributed by atoms with van der Waals surface area (Å²) < 4.78 is 52.6. The number of nitrogens with two attached hydrogens (primary N) is 2. The average Bonchev–Trinajstić information content (AvgIpc) is 2.86. The Morgan fingerprint density at radius 3 is 1.68 bits per heavy atom. The van der Waals surface area contributed by atoms with Crippen molar-refractivity contribution in [2.45, 2.75) is 36.5 Å². The van der Waals surface area contributed by atoms with Gasteiger partial charge in [-0.1, -0.05) is 38.2 Å². The number of rotatable bonds is 4. The van der Waals surface area contributed by atoms with Crippen LogP contribution < -0.4 is 11.5 Å². The molecular formula is C26H29N3O7S2. The number of sulfone groups is 2. The molecule has 202 valence electrons. The van der Waals surface area contributed by atoms with E-state index >= 15 is 0 Å². The Hall–Kier alpha value is -3.77. The van der Waals surface area contributed by atoms with Gasteiger partial charge in [-0.05, 0) is 59.4 Å². The SMILES string of the molecule is CCc1cc2c(cc1C(=O)N=C(N)N)S(=O)(=O)CC=C2.CCc1cc2c(cc1C(=O)OC)S(=O)(=O)CC=C2. The van der Waals surface area contributed by atoms with Gasteiger partial charge in [0.1, 0.15) is 0 Å². The molecule has 2 aromatic rings. The van der Waals surface area contributed by atoms with Crippen LogP contribution in [0.5, 0.6) is 0 Å². The second-order valence-electron chi connectivity index (χ2n) is 8.50. The third-order valence-electron chi connectivity index (χ3n) is 6.00. The number of ether oxygens (including phenoxy) is 1. The lowest BCUT2D eigenvalue weighted by atomic mass is 10.0. The van der Waals surface area contributed by atoms with Crippen molar-refractivity contribution in [2.24, 2.45) is 16.5 Å². The summed E-state index contributed by atoms with van der Waals surface area (Å²) in [5.41, 5.74) is 13.7. The molecular weight excluding hydrogens is 530 g/mol. The van der Waals surface area contributed by atoms with E-state index in [2.05, 4.69) is 9.73 Å². The van der Waals surface area contributed by atoms with E-state index in [-0.39, 0.29) is 32.8 Å². The molecule has 12 heteroatoms. The molecule has 0 atom stereocenters. The number of aliphatic imine (C=N–C) groups is 1. The fraction of sp³-hybridized carbons (Fsp3) is 0.269. The maximum atomic E-state index is 12.0. The zero-order valence-corrected chi connectivity index (χ0v) is 22.9. The van der Waals surface area contributed by atoms with Gasteiger partial charge in [-0.2, -0.15) is 4.99 Å². The van der Waals surface area contributed by atoms with Crippen LogP contribution in [-0.4, -0.2) is 53.3 Å². The Kier molecular flexibility index (Phi) is 8.58. The van der Waals surface area contributed by atoms with E-state index in [4.69, 9.17) is 11.5 Å². The van der Waals surface area contributed by atoms with Crippen LogP contribution in [0.1, 0.15) is 56.8 Å². The van der Waals surface area contributed by atoms with Crippen LogP contribution >= 0.6 is 0 Å². The van der Waals surface area contributed by atoms with Crippen LogP contribution in [0.2, 0.25) is 0 Å². The number of aryl methyl sites for hydroxylation is 2. The van der Waals surface area contributed by atoms with Crippen LogP contribution in [0.15, 0.2) is 51.2 Å². The van der Waals surface area contributed by atoms with E-state index in [1.165, 1.54) is 19.2 Å². The largest absolute Gasteiger partial charge is 0.465 e. The zero-order valence-electron chi connectivity index (χ0n) is 21.2. The van der Waals surface area contributed by atoms with Crippen molar-refractivity contribution in [3.8, 4) is 0 Å². The Labute approximate surface area is 221 Å². The molecule has 2 heterocycles.